The number of para-hydroxylation sites is 1. The third kappa shape index (κ3) is 2.32. The molecule has 1 aromatic heterocycles. The fraction of sp³-hybridized carbons (Fsp3) is 0.0667. The lowest BCUT2D eigenvalue weighted by molar-refractivity contribution is 0.628. The highest BCUT2D eigenvalue weighted by atomic mass is 32.2. The number of benzene rings is 2. The number of halogens is 1. The Labute approximate surface area is 120 Å². The lowest BCUT2D eigenvalue weighted by Gasteiger charge is -2.09. The third-order valence-electron chi connectivity index (χ3n) is 2.93. The molecule has 0 N–H and O–H groups in total. The molecule has 1 heterocycles. The Hall–Kier alpha value is -2.14. The Bertz CT molecular complexity index is 708. The molecule has 3 nitrogen and oxygen atoms in total. The lowest BCUT2D eigenvalue weighted by Crippen LogP contribution is -1.98. The number of hydrogen-bond donors (Lipinski definition) is 0. The van der Waals surface area contributed by atoms with E-state index in [1.165, 1.54) is 23.9 Å². The summed E-state index contributed by atoms with van der Waals surface area (Å²) in [6.07, 6.45) is 1.96. The maximum atomic E-state index is 13.1. The zero-order chi connectivity index (χ0) is 13.9. The van der Waals surface area contributed by atoms with Gasteiger partial charge in [0.15, 0.2) is 11.0 Å². The molecule has 0 aliphatic rings. The SMILES string of the molecule is CSc1nnc(-c2ccc(F)cc2)n1-c1ccccc1. The summed E-state index contributed by atoms with van der Waals surface area (Å²) in [4.78, 5) is 0. The summed E-state index contributed by atoms with van der Waals surface area (Å²) in [7, 11) is 0. The molecule has 5 heteroatoms. The van der Waals surface area contributed by atoms with Gasteiger partial charge in [-0.1, -0.05) is 30.0 Å². The summed E-state index contributed by atoms with van der Waals surface area (Å²) in [6.45, 7) is 0. The summed E-state index contributed by atoms with van der Waals surface area (Å²) in [5, 5.41) is 9.23. The van der Waals surface area contributed by atoms with Gasteiger partial charge >= 0.3 is 0 Å². The quantitative estimate of drug-likeness (QED) is 0.686. The zero-order valence-electron chi connectivity index (χ0n) is 10.8. The van der Waals surface area contributed by atoms with Gasteiger partial charge in [-0.3, -0.25) is 4.57 Å². The molecule has 3 aromatic rings. The van der Waals surface area contributed by atoms with Gasteiger partial charge in [0.2, 0.25) is 0 Å². The van der Waals surface area contributed by atoms with Gasteiger partial charge in [0, 0.05) is 11.3 Å². The molecule has 100 valence electrons. The van der Waals surface area contributed by atoms with Crippen LogP contribution in [0, 0.1) is 5.82 Å². The number of nitrogens with zero attached hydrogens (tertiary/aromatic N) is 3. The van der Waals surface area contributed by atoms with E-state index >= 15 is 0 Å². The summed E-state index contributed by atoms with van der Waals surface area (Å²) >= 11 is 1.52. The molecule has 0 radical (unpaired) electrons. The fourth-order valence-electron chi connectivity index (χ4n) is 2.00. The maximum Gasteiger partial charge on any atom is 0.195 e. The van der Waals surface area contributed by atoms with Gasteiger partial charge in [0.25, 0.3) is 0 Å². The van der Waals surface area contributed by atoms with Crippen LogP contribution >= 0.6 is 11.8 Å². The van der Waals surface area contributed by atoms with Crippen LogP contribution in [-0.4, -0.2) is 21.0 Å². The van der Waals surface area contributed by atoms with Crippen molar-refractivity contribution in [2.75, 3.05) is 6.26 Å². The van der Waals surface area contributed by atoms with E-state index in [9.17, 15) is 4.39 Å². The molecule has 0 aliphatic carbocycles. The molecule has 0 saturated heterocycles. The average molecular weight is 285 g/mol. The van der Waals surface area contributed by atoms with Crippen LogP contribution in [0.2, 0.25) is 0 Å². The van der Waals surface area contributed by atoms with Crippen molar-refractivity contribution < 1.29 is 4.39 Å². The molecule has 0 fully saturated rings. The van der Waals surface area contributed by atoms with Gasteiger partial charge in [-0.15, -0.1) is 10.2 Å². The predicted molar refractivity (Wildman–Crippen MR) is 78.5 cm³/mol. The van der Waals surface area contributed by atoms with Gasteiger partial charge in [-0.25, -0.2) is 4.39 Å². The van der Waals surface area contributed by atoms with Gasteiger partial charge < -0.3 is 0 Å². The molecule has 3 rings (SSSR count). The van der Waals surface area contributed by atoms with E-state index in [4.69, 9.17) is 0 Å². The molecule has 0 spiro atoms. The maximum absolute atomic E-state index is 13.1. The number of aromatic nitrogens is 3. The highest BCUT2D eigenvalue weighted by Crippen LogP contribution is 2.26. The van der Waals surface area contributed by atoms with Gasteiger partial charge in [-0.05, 0) is 42.7 Å². The first-order valence-corrected chi connectivity index (χ1v) is 7.33. The van der Waals surface area contributed by atoms with Gasteiger partial charge in [-0.2, -0.15) is 0 Å². The summed E-state index contributed by atoms with van der Waals surface area (Å²) in [5.74, 6) is 0.449. The summed E-state index contributed by atoms with van der Waals surface area (Å²) < 4.78 is 15.0. The van der Waals surface area contributed by atoms with E-state index in [1.807, 2.05) is 41.2 Å². The topological polar surface area (TPSA) is 30.7 Å². The van der Waals surface area contributed by atoms with Crippen LogP contribution in [0.15, 0.2) is 59.8 Å². The number of thioether (sulfide) groups is 1. The monoisotopic (exact) mass is 285 g/mol. The third-order valence-corrected chi connectivity index (χ3v) is 3.56. The van der Waals surface area contributed by atoms with E-state index < -0.39 is 0 Å². The molecular formula is C15H12FN3S. The largest absolute Gasteiger partial charge is 0.270 e. The predicted octanol–water partition coefficient (Wildman–Crippen LogP) is 3.80. The molecule has 0 unspecified atom stereocenters. The van der Waals surface area contributed by atoms with Gasteiger partial charge in [0.05, 0.1) is 0 Å². The van der Waals surface area contributed by atoms with Crippen molar-refractivity contribution >= 4 is 11.8 Å². The Balaban J connectivity index is 2.17. The Morgan fingerprint density at radius 1 is 0.950 bits per heavy atom. The number of hydrogen-bond acceptors (Lipinski definition) is 3. The van der Waals surface area contributed by atoms with E-state index in [1.54, 1.807) is 12.1 Å². The van der Waals surface area contributed by atoms with Crippen molar-refractivity contribution in [3.8, 4) is 17.1 Å². The van der Waals surface area contributed by atoms with Crippen LogP contribution in [0.25, 0.3) is 17.1 Å². The minimum absolute atomic E-state index is 0.260. The van der Waals surface area contributed by atoms with Crippen molar-refractivity contribution in [2.45, 2.75) is 5.16 Å². The average Bonchev–Trinajstić information content (AvgIpc) is 2.93. The first-order valence-electron chi connectivity index (χ1n) is 6.10. The summed E-state index contributed by atoms with van der Waals surface area (Å²) in [6, 6.07) is 16.2. The van der Waals surface area contributed by atoms with Crippen LogP contribution in [0.4, 0.5) is 4.39 Å². The summed E-state index contributed by atoms with van der Waals surface area (Å²) in [5.41, 5.74) is 1.82. The second kappa shape index (κ2) is 5.46. The van der Waals surface area contributed by atoms with Crippen LogP contribution in [-0.2, 0) is 0 Å². The van der Waals surface area contributed by atoms with Crippen molar-refractivity contribution in [3.05, 3.63) is 60.4 Å². The smallest absolute Gasteiger partial charge is 0.195 e. The van der Waals surface area contributed by atoms with E-state index in [2.05, 4.69) is 10.2 Å². The Kier molecular flexibility index (Phi) is 3.52. The molecule has 0 amide bonds. The second-order valence-corrected chi connectivity index (χ2v) is 4.96. The standard InChI is InChI=1S/C15H12FN3S/c1-20-15-18-17-14(11-7-9-12(16)10-8-11)19(15)13-5-3-2-4-6-13/h2-10H,1H3. The van der Waals surface area contributed by atoms with Crippen LogP contribution in [0.1, 0.15) is 0 Å². The molecular weight excluding hydrogens is 273 g/mol. The van der Waals surface area contributed by atoms with Gasteiger partial charge in [0.1, 0.15) is 5.82 Å². The van der Waals surface area contributed by atoms with E-state index in [-0.39, 0.29) is 5.82 Å². The first kappa shape index (κ1) is 12.9. The highest BCUT2D eigenvalue weighted by molar-refractivity contribution is 7.98. The van der Waals surface area contributed by atoms with Crippen molar-refractivity contribution in [2.24, 2.45) is 0 Å². The normalized spacial score (nSPS) is 10.7. The molecule has 0 aliphatic heterocycles. The Morgan fingerprint density at radius 3 is 2.30 bits per heavy atom. The van der Waals surface area contributed by atoms with Crippen molar-refractivity contribution in [1.29, 1.82) is 0 Å². The van der Waals surface area contributed by atoms with Crippen LogP contribution < -0.4 is 0 Å². The Morgan fingerprint density at radius 2 is 1.65 bits per heavy atom. The van der Waals surface area contributed by atoms with E-state index in [0.29, 0.717) is 5.82 Å². The molecule has 2 aromatic carbocycles. The second-order valence-electron chi connectivity index (χ2n) is 4.19. The van der Waals surface area contributed by atoms with Crippen LogP contribution in [0.3, 0.4) is 0 Å². The first-order chi connectivity index (χ1) is 9.79. The van der Waals surface area contributed by atoms with Crippen molar-refractivity contribution in [3.63, 3.8) is 0 Å². The zero-order valence-corrected chi connectivity index (χ0v) is 11.6. The van der Waals surface area contributed by atoms with Crippen molar-refractivity contribution in [1.82, 2.24) is 14.8 Å². The fourth-order valence-corrected chi connectivity index (χ4v) is 2.49. The minimum atomic E-state index is -0.260. The molecule has 0 bridgehead atoms. The molecule has 0 atom stereocenters. The number of rotatable bonds is 3. The molecule has 20 heavy (non-hydrogen) atoms. The van der Waals surface area contributed by atoms with Crippen LogP contribution in [0.5, 0.6) is 0 Å². The highest BCUT2D eigenvalue weighted by Gasteiger charge is 2.14. The lowest BCUT2D eigenvalue weighted by atomic mass is 10.2. The molecule has 0 saturated carbocycles. The van der Waals surface area contributed by atoms with E-state index in [0.717, 1.165) is 16.4 Å². The minimum Gasteiger partial charge on any atom is -0.270 e.